The van der Waals surface area contributed by atoms with Gasteiger partial charge < -0.3 is 9.84 Å². The Bertz CT molecular complexity index is 576. The molecule has 0 saturated heterocycles. The number of halogens is 3. The number of rotatable bonds is 3. The first kappa shape index (κ1) is 14.4. The molecule has 1 atom stereocenters. The van der Waals surface area contributed by atoms with E-state index in [1.807, 2.05) is 19.1 Å². The number of benzene rings is 2. The lowest BCUT2D eigenvalue weighted by Gasteiger charge is -2.15. The second kappa shape index (κ2) is 5.54. The molecule has 2 nitrogen and oxygen atoms in total. The van der Waals surface area contributed by atoms with Gasteiger partial charge in [-0.25, -0.2) is 0 Å². The molecule has 0 aliphatic rings. The normalized spacial score (nSPS) is 13.1. The summed E-state index contributed by atoms with van der Waals surface area (Å²) in [4.78, 5) is 0. The third-order valence-electron chi connectivity index (χ3n) is 2.91. The predicted molar refractivity (Wildman–Crippen MR) is 68.4 cm³/mol. The van der Waals surface area contributed by atoms with Crippen molar-refractivity contribution in [3.63, 3.8) is 0 Å². The molecule has 1 unspecified atom stereocenters. The number of aliphatic hydroxyl groups excluding tert-OH is 1. The van der Waals surface area contributed by atoms with Crippen LogP contribution in [0.25, 0.3) is 0 Å². The second-order valence-electron chi connectivity index (χ2n) is 4.38. The maximum Gasteiger partial charge on any atom is 0.573 e. The molecular weight excluding hydrogens is 269 g/mol. The first-order valence-electron chi connectivity index (χ1n) is 5.96. The van der Waals surface area contributed by atoms with E-state index in [1.165, 1.54) is 24.3 Å². The van der Waals surface area contributed by atoms with Gasteiger partial charge in [0.05, 0.1) is 0 Å². The van der Waals surface area contributed by atoms with Gasteiger partial charge in [-0.2, -0.15) is 0 Å². The van der Waals surface area contributed by atoms with E-state index in [2.05, 4.69) is 4.74 Å². The molecule has 0 amide bonds. The van der Waals surface area contributed by atoms with Gasteiger partial charge in [0.1, 0.15) is 11.9 Å². The minimum Gasteiger partial charge on any atom is -0.406 e. The molecule has 0 spiro atoms. The van der Waals surface area contributed by atoms with E-state index in [1.54, 1.807) is 12.1 Å². The largest absolute Gasteiger partial charge is 0.573 e. The fraction of sp³-hybridized carbons (Fsp3) is 0.200. The number of aryl methyl sites for hydroxylation is 1. The number of hydrogen-bond acceptors (Lipinski definition) is 2. The van der Waals surface area contributed by atoms with Gasteiger partial charge in [-0.15, -0.1) is 13.2 Å². The summed E-state index contributed by atoms with van der Waals surface area (Å²) < 4.78 is 39.9. The molecule has 0 saturated carbocycles. The summed E-state index contributed by atoms with van der Waals surface area (Å²) in [7, 11) is 0. The highest BCUT2D eigenvalue weighted by atomic mass is 19.4. The lowest BCUT2D eigenvalue weighted by molar-refractivity contribution is -0.274. The van der Waals surface area contributed by atoms with Gasteiger partial charge in [-0.3, -0.25) is 0 Å². The third kappa shape index (κ3) is 3.51. The summed E-state index contributed by atoms with van der Waals surface area (Å²) in [5.41, 5.74) is 2.14. The molecular formula is C15H13F3O2. The van der Waals surface area contributed by atoms with Crippen molar-refractivity contribution in [2.24, 2.45) is 0 Å². The van der Waals surface area contributed by atoms with Crippen LogP contribution >= 0.6 is 0 Å². The Balaban J connectivity index is 2.20. The Kier molecular flexibility index (Phi) is 3.99. The fourth-order valence-electron chi connectivity index (χ4n) is 1.92. The van der Waals surface area contributed by atoms with Gasteiger partial charge >= 0.3 is 6.36 Å². The van der Waals surface area contributed by atoms with Crippen LogP contribution in [0.1, 0.15) is 22.8 Å². The van der Waals surface area contributed by atoms with E-state index in [-0.39, 0.29) is 5.75 Å². The molecule has 106 valence electrons. The van der Waals surface area contributed by atoms with Crippen LogP contribution in [0.3, 0.4) is 0 Å². The van der Waals surface area contributed by atoms with Gasteiger partial charge in [0.25, 0.3) is 0 Å². The van der Waals surface area contributed by atoms with Crippen LogP contribution < -0.4 is 4.74 Å². The van der Waals surface area contributed by atoms with Gasteiger partial charge in [0, 0.05) is 0 Å². The first-order chi connectivity index (χ1) is 9.37. The van der Waals surface area contributed by atoms with Crippen LogP contribution in [0.2, 0.25) is 0 Å². The maximum absolute atomic E-state index is 12.0. The summed E-state index contributed by atoms with van der Waals surface area (Å²) in [6.07, 6.45) is -5.59. The quantitative estimate of drug-likeness (QED) is 0.922. The zero-order valence-corrected chi connectivity index (χ0v) is 10.7. The van der Waals surface area contributed by atoms with Crippen molar-refractivity contribution in [2.45, 2.75) is 19.4 Å². The third-order valence-corrected chi connectivity index (χ3v) is 2.91. The Hall–Kier alpha value is -2.01. The Morgan fingerprint density at radius 1 is 1.00 bits per heavy atom. The van der Waals surface area contributed by atoms with E-state index in [9.17, 15) is 18.3 Å². The number of ether oxygens (including phenoxy) is 1. The van der Waals surface area contributed by atoms with Gasteiger partial charge in [0.2, 0.25) is 0 Å². The van der Waals surface area contributed by atoms with Crippen molar-refractivity contribution < 1.29 is 23.0 Å². The Morgan fingerprint density at radius 3 is 2.15 bits per heavy atom. The van der Waals surface area contributed by atoms with Crippen molar-refractivity contribution in [3.8, 4) is 5.75 Å². The summed E-state index contributed by atoms with van der Waals surface area (Å²) in [6.45, 7) is 1.86. The lowest BCUT2D eigenvalue weighted by atomic mass is 9.98. The van der Waals surface area contributed by atoms with Crippen molar-refractivity contribution in [3.05, 3.63) is 65.2 Å². The molecule has 0 heterocycles. The van der Waals surface area contributed by atoms with Crippen LogP contribution in [0.15, 0.2) is 48.5 Å². The molecule has 0 aromatic heterocycles. The van der Waals surface area contributed by atoms with Crippen LogP contribution in [0.5, 0.6) is 5.75 Å². The standard InChI is InChI=1S/C15H13F3O2/c1-10-4-2-3-5-13(10)14(19)11-6-8-12(9-7-11)20-15(16,17)18/h2-9,14,19H,1H3. The Labute approximate surface area is 114 Å². The van der Waals surface area contributed by atoms with E-state index in [0.29, 0.717) is 5.56 Å². The van der Waals surface area contributed by atoms with Gasteiger partial charge in [-0.1, -0.05) is 36.4 Å². The molecule has 2 aromatic rings. The van der Waals surface area contributed by atoms with E-state index in [0.717, 1.165) is 11.1 Å². The minimum atomic E-state index is -4.71. The van der Waals surface area contributed by atoms with Crippen LogP contribution in [-0.2, 0) is 0 Å². The molecule has 0 radical (unpaired) electrons. The monoisotopic (exact) mass is 282 g/mol. The SMILES string of the molecule is Cc1ccccc1C(O)c1ccc(OC(F)(F)F)cc1. The zero-order chi connectivity index (χ0) is 14.8. The summed E-state index contributed by atoms with van der Waals surface area (Å²) in [5.74, 6) is -0.307. The van der Waals surface area contributed by atoms with Crippen LogP contribution in [-0.4, -0.2) is 11.5 Å². The topological polar surface area (TPSA) is 29.5 Å². The molecule has 1 N–H and O–H groups in total. The van der Waals surface area contributed by atoms with E-state index >= 15 is 0 Å². The second-order valence-corrected chi connectivity index (χ2v) is 4.38. The number of hydrogen-bond donors (Lipinski definition) is 1. The smallest absolute Gasteiger partial charge is 0.406 e. The highest BCUT2D eigenvalue weighted by Crippen LogP contribution is 2.28. The van der Waals surface area contributed by atoms with Crippen molar-refractivity contribution in [1.29, 1.82) is 0 Å². The summed E-state index contributed by atoms with van der Waals surface area (Å²) >= 11 is 0. The molecule has 0 fully saturated rings. The average Bonchev–Trinajstić information content (AvgIpc) is 2.37. The first-order valence-corrected chi connectivity index (χ1v) is 5.96. The number of alkyl halides is 3. The minimum absolute atomic E-state index is 0.307. The van der Waals surface area contributed by atoms with Gasteiger partial charge in [-0.05, 0) is 35.7 Å². The van der Waals surface area contributed by atoms with Crippen LogP contribution in [0, 0.1) is 6.92 Å². The van der Waals surface area contributed by atoms with E-state index < -0.39 is 12.5 Å². The average molecular weight is 282 g/mol. The van der Waals surface area contributed by atoms with Crippen LogP contribution in [0.4, 0.5) is 13.2 Å². The van der Waals surface area contributed by atoms with Crippen molar-refractivity contribution in [1.82, 2.24) is 0 Å². The Morgan fingerprint density at radius 2 is 1.60 bits per heavy atom. The van der Waals surface area contributed by atoms with E-state index in [4.69, 9.17) is 0 Å². The summed E-state index contributed by atoms with van der Waals surface area (Å²) in [5, 5.41) is 10.2. The number of aliphatic hydroxyl groups is 1. The molecule has 2 rings (SSSR count). The van der Waals surface area contributed by atoms with Gasteiger partial charge in [0.15, 0.2) is 0 Å². The van der Waals surface area contributed by atoms with Crippen molar-refractivity contribution in [2.75, 3.05) is 0 Å². The highest BCUT2D eigenvalue weighted by Gasteiger charge is 2.31. The molecule has 0 bridgehead atoms. The predicted octanol–water partition coefficient (Wildman–Crippen LogP) is 3.98. The molecule has 5 heteroatoms. The lowest BCUT2D eigenvalue weighted by Crippen LogP contribution is -2.17. The highest BCUT2D eigenvalue weighted by molar-refractivity contribution is 5.37. The maximum atomic E-state index is 12.0. The summed E-state index contributed by atoms with van der Waals surface area (Å²) in [6, 6.07) is 12.5. The van der Waals surface area contributed by atoms with Crippen molar-refractivity contribution >= 4 is 0 Å². The fourth-order valence-corrected chi connectivity index (χ4v) is 1.92. The zero-order valence-electron chi connectivity index (χ0n) is 10.7. The molecule has 2 aromatic carbocycles. The molecule has 0 aliphatic carbocycles. The molecule has 20 heavy (non-hydrogen) atoms. The molecule has 0 aliphatic heterocycles.